The topological polar surface area (TPSA) is 115 Å². The van der Waals surface area contributed by atoms with Gasteiger partial charge >= 0.3 is 0 Å². The van der Waals surface area contributed by atoms with Crippen LogP contribution in [-0.2, 0) is 0 Å². The van der Waals surface area contributed by atoms with Crippen molar-refractivity contribution in [3.8, 4) is 0 Å². The van der Waals surface area contributed by atoms with E-state index in [0.717, 1.165) is 0 Å². The van der Waals surface area contributed by atoms with Gasteiger partial charge in [0, 0.05) is 19.1 Å². The van der Waals surface area contributed by atoms with Gasteiger partial charge in [-0.15, -0.1) is 0 Å². The first-order chi connectivity index (χ1) is 8.65. The Bertz CT molecular complexity index is 334. The van der Waals surface area contributed by atoms with Crippen molar-refractivity contribution in [2.45, 2.75) is 19.9 Å². The molecule has 0 radical (unpaired) electrons. The van der Waals surface area contributed by atoms with Gasteiger partial charge in [-0.1, -0.05) is 0 Å². The lowest BCUT2D eigenvalue weighted by Gasteiger charge is -2.12. The molecule has 1 aromatic heterocycles. The van der Waals surface area contributed by atoms with Gasteiger partial charge < -0.3 is 26.2 Å². The molecule has 0 aliphatic carbocycles. The number of hydrogen-bond acceptors (Lipinski definition) is 8. The minimum Gasteiger partial charge on any atom is -0.395 e. The number of anilines is 3. The lowest BCUT2D eigenvalue weighted by molar-refractivity contribution is 0.310. The SMILES string of the molecule is CC(C)Nc1nc(NCCO)nc(NCCO)n1. The van der Waals surface area contributed by atoms with E-state index in [1.807, 2.05) is 13.8 Å². The van der Waals surface area contributed by atoms with Crippen LogP contribution in [0.5, 0.6) is 0 Å². The number of hydrogen-bond donors (Lipinski definition) is 5. The summed E-state index contributed by atoms with van der Waals surface area (Å²) in [6.45, 7) is 4.68. The lowest BCUT2D eigenvalue weighted by atomic mass is 10.4. The van der Waals surface area contributed by atoms with Crippen molar-refractivity contribution in [1.29, 1.82) is 0 Å². The summed E-state index contributed by atoms with van der Waals surface area (Å²) < 4.78 is 0. The minimum atomic E-state index is -0.00196. The third-order valence-electron chi connectivity index (χ3n) is 1.84. The second kappa shape index (κ2) is 7.62. The maximum atomic E-state index is 8.76. The molecule has 0 aliphatic heterocycles. The molecule has 1 aromatic rings. The molecule has 8 heteroatoms. The van der Waals surface area contributed by atoms with Gasteiger partial charge in [-0.05, 0) is 13.8 Å². The molecular formula is C10H20N6O2. The van der Waals surface area contributed by atoms with Crippen molar-refractivity contribution in [2.75, 3.05) is 42.3 Å². The van der Waals surface area contributed by atoms with Crippen LogP contribution in [-0.4, -0.2) is 57.5 Å². The summed E-state index contributed by atoms with van der Waals surface area (Å²) in [5.74, 6) is 1.20. The predicted molar refractivity (Wildman–Crippen MR) is 69.7 cm³/mol. The van der Waals surface area contributed by atoms with Gasteiger partial charge in [0.25, 0.3) is 0 Å². The molecule has 0 saturated carbocycles. The predicted octanol–water partition coefficient (Wildman–Crippen LogP) is -0.500. The van der Waals surface area contributed by atoms with Crippen LogP contribution in [0.3, 0.4) is 0 Å². The van der Waals surface area contributed by atoms with E-state index < -0.39 is 0 Å². The highest BCUT2D eigenvalue weighted by atomic mass is 16.3. The first-order valence-electron chi connectivity index (χ1n) is 5.87. The number of nitrogens with one attached hydrogen (secondary N) is 3. The van der Waals surface area contributed by atoms with Crippen LogP contribution >= 0.6 is 0 Å². The fraction of sp³-hybridized carbons (Fsp3) is 0.700. The van der Waals surface area contributed by atoms with E-state index in [1.54, 1.807) is 0 Å². The van der Waals surface area contributed by atoms with Crippen molar-refractivity contribution in [1.82, 2.24) is 15.0 Å². The summed E-state index contributed by atoms with van der Waals surface area (Å²) in [5, 5.41) is 26.3. The molecule has 0 amide bonds. The second-order valence-corrected chi connectivity index (χ2v) is 3.91. The average Bonchev–Trinajstić information content (AvgIpc) is 2.33. The highest BCUT2D eigenvalue weighted by Gasteiger charge is 2.06. The van der Waals surface area contributed by atoms with Crippen molar-refractivity contribution in [3.05, 3.63) is 0 Å². The van der Waals surface area contributed by atoms with E-state index in [4.69, 9.17) is 10.2 Å². The number of rotatable bonds is 8. The molecule has 5 N–H and O–H groups in total. The number of nitrogens with zero attached hydrogens (tertiary/aromatic N) is 3. The maximum Gasteiger partial charge on any atom is 0.229 e. The van der Waals surface area contributed by atoms with E-state index in [9.17, 15) is 0 Å². The van der Waals surface area contributed by atoms with Crippen molar-refractivity contribution in [3.63, 3.8) is 0 Å². The molecule has 0 unspecified atom stereocenters. The Balaban J connectivity index is 2.81. The molecule has 0 spiro atoms. The molecule has 0 atom stereocenters. The first-order valence-corrected chi connectivity index (χ1v) is 5.87. The quantitative estimate of drug-likeness (QED) is 0.423. The summed E-state index contributed by atoms with van der Waals surface area (Å²) in [4.78, 5) is 12.4. The number of aliphatic hydroxyl groups excluding tert-OH is 2. The molecule has 0 bridgehead atoms. The summed E-state index contributed by atoms with van der Waals surface area (Å²) >= 11 is 0. The van der Waals surface area contributed by atoms with Gasteiger partial charge in [-0.3, -0.25) is 0 Å². The van der Waals surface area contributed by atoms with E-state index >= 15 is 0 Å². The summed E-state index contributed by atoms with van der Waals surface area (Å²) in [6, 6.07) is 0.198. The Hall–Kier alpha value is -1.67. The Morgan fingerprint density at radius 1 is 0.889 bits per heavy atom. The molecule has 8 nitrogen and oxygen atoms in total. The molecule has 1 rings (SSSR count). The van der Waals surface area contributed by atoms with Gasteiger partial charge in [-0.25, -0.2) is 0 Å². The molecular weight excluding hydrogens is 236 g/mol. The monoisotopic (exact) mass is 256 g/mol. The zero-order valence-corrected chi connectivity index (χ0v) is 10.6. The summed E-state index contributed by atoms with van der Waals surface area (Å²) in [7, 11) is 0. The fourth-order valence-corrected chi connectivity index (χ4v) is 1.19. The van der Waals surface area contributed by atoms with Crippen LogP contribution in [0.1, 0.15) is 13.8 Å². The highest BCUT2D eigenvalue weighted by Crippen LogP contribution is 2.09. The largest absolute Gasteiger partial charge is 0.395 e. The third-order valence-corrected chi connectivity index (χ3v) is 1.84. The normalized spacial score (nSPS) is 10.5. The molecule has 0 saturated heterocycles. The average molecular weight is 256 g/mol. The summed E-state index contributed by atoms with van der Waals surface area (Å²) in [5.41, 5.74) is 0. The van der Waals surface area contributed by atoms with E-state index in [2.05, 4.69) is 30.9 Å². The molecule has 18 heavy (non-hydrogen) atoms. The number of aromatic nitrogens is 3. The van der Waals surface area contributed by atoms with Crippen LogP contribution in [0.25, 0.3) is 0 Å². The van der Waals surface area contributed by atoms with Gasteiger partial charge in [-0.2, -0.15) is 15.0 Å². The first kappa shape index (κ1) is 14.4. The maximum absolute atomic E-state index is 8.76. The van der Waals surface area contributed by atoms with Crippen LogP contribution in [0.4, 0.5) is 17.8 Å². The van der Waals surface area contributed by atoms with E-state index in [-0.39, 0.29) is 19.3 Å². The number of aliphatic hydroxyl groups is 2. The standard InChI is InChI=1S/C10H20N6O2/c1-7(2)13-10-15-8(11-3-5-17)14-9(16-10)12-4-6-18/h7,17-18H,3-6H2,1-2H3,(H3,11,12,13,14,15,16). The van der Waals surface area contributed by atoms with Crippen molar-refractivity contribution < 1.29 is 10.2 Å². The second-order valence-electron chi connectivity index (χ2n) is 3.91. The van der Waals surface area contributed by atoms with Gasteiger partial charge in [0.2, 0.25) is 17.8 Å². The Morgan fingerprint density at radius 2 is 1.33 bits per heavy atom. The Morgan fingerprint density at radius 3 is 1.72 bits per heavy atom. The van der Waals surface area contributed by atoms with E-state index in [0.29, 0.717) is 30.9 Å². The summed E-state index contributed by atoms with van der Waals surface area (Å²) in [6.07, 6.45) is 0. The van der Waals surface area contributed by atoms with Crippen molar-refractivity contribution >= 4 is 17.8 Å². The lowest BCUT2D eigenvalue weighted by Crippen LogP contribution is -2.18. The minimum absolute atomic E-state index is 0.00196. The van der Waals surface area contributed by atoms with Crippen LogP contribution in [0.15, 0.2) is 0 Å². The molecule has 102 valence electrons. The Labute approximate surface area is 106 Å². The fourth-order valence-electron chi connectivity index (χ4n) is 1.19. The van der Waals surface area contributed by atoms with E-state index in [1.165, 1.54) is 0 Å². The molecule has 1 heterocycles. The zero-order valence-electron chi connectivity index (χ0n) is 10.6. The van der Waals surface area contributed by atoms with Gasteiger partial charge in [0.15, 0.2) is 0 Å². The zero-order chi connectivity index (χ0) is 13.4. The van der Waals surface area contributed by atoms with Gasteiger partial charge in [0.05, 0.1) is 13.2 Å². The molecule has 0 aromatic carbocycles. The van der Waals surface area contributed by atoms with Gasteiger partial charge in [0.1, 0.15) is 0 Å². The smallest absolute Gasteiger partial charge is 0.229 e. The van der Waals surface area contributed by atoms with Crippen LogP contribution in [0.2, 0.25) is 0 Å². The van der Waals surface area contributed by atoms with Crippen LogP contribution < -0.4 is 16.0 Å². The third kappa shape index (κ3) is 5.11. The van der Waals surface area contributed by atoms with Crippen LogP contribution in [0, 0.1) is 0 Å². The highest BCUT2D eigenvalue weighted by molar-refractivity contribution is 5.42. The Kier molecular flexibility index (Phi) is 6.09. The molecule has 0 fully saturated rings. The molecule has 0 aliphatic rings. The van der Waals surface area contributed by atoms with Crippen molar-refractivity contribution in [2.24, 2.45) is 0 Å².